The summed E-state index contributed by atoms with van der Waals surface area (Å²) in [5.74, 6) is -0.457. The fourth-order valence-corrected chi connectivity index (χ4v) is 4.72. The smallest absolute Gasteiger partial charge is 0.335 e. The number of carbonyl (C=O) groups excluding carboxylic acids is 1. The molecule has 1 aliphatic heterocycles. The molecule has 35 heavy (non-hydrogen) atoms. The van der Waals surface area contributed by atoms with Gasteiger partial charge in [-0.05, 0) is 48.0 Å². The van der Waals surface area contributed by atoms with Crippen LogP contribution >= 0.6 is 24.0 Å². The predicted molar refractivity (Wildman–Crippen MR) is 138 cm³/mol. The first-order chi connectivity index (χ1) is 16.9. The van der Waals surface area contributed by atoms with Gasteiger partial charge < -0.3 is 14.6 Å². The average molecular weight is 503 g/mol. The molecular weight excluding hydrogens is 484 g/mol. The van der Waals surface area contributed by atoms with Crippen LogP contribution in [0.2, 0.25) is 0 Å². The van der Waals surface area contributed by atoms with Crippen molar-refractivity contribution >= 4 is 51.9 Å². The minimum absolute atomic E-state index is 0.0678. The van der Waals surface area contributed by atoms with Crippen LogP contribution in [0.15, 0.2) is 71.6 Å². The molecule has 3 aromatic rings. The maximum Gasteiger partial charge on any atom is 0.335 e. The largest absolute Gasteiger partial charge is 0.493 e. The third-order valence-corrected chi connectivity index (χ3v) is 6.45. The van der Waals surface area contributed by atoms with E-state index in [1.165, 1.54) is 24.1 Å². The number of amides is 1. The van der Waals surface area contributed by atoms with Crippen LogP contribution in [0.4, 0.5) is 5.69 Å². The molecule has 0 aromatic heterocycles. The average Bonchev–Trinajstić information content (AvgIpc) is 3.15. The summed E-state index contributed by atoms with van der Waals surface area (Å²) in [6.45, 7) is 0.202. The van der Waals surface area contributed by atoms with Crippen LogP contribution in [0.25, 0.3) is 6.08 Å². The molecule has 174 valence electrons. The second-order valence-electron chi connectivity index (χ2n) is 7.34. The molecule has 1 aliphatic rings. The van der Waals surface area contributed by atoms with Gasteiger partial charge in [0, 0.05) is 5.56 Å². The lowest BCUT2D eigenvalue weighted by molar-refractivity contribution is -0.113. The molecular formula is C26H18N2O5S2. The number of thiocarbonyl (C=S) groups is 1. The number of ether oxygens (including phenoxy) is 2. The van der Waals surface area contributed by atoms with E-state index < -0.39 is 5.97 Å². The van der Waals surface area contributed by atoms with E-state index in [0.717, 1.165) is 17.3 Å². The van der Waals surface area contributed by atoms with E-state index in [1.807, 2.05) is 12.1 Å². The Morgan fingerprint density at radius 2 is 1.94 bits per heavy atom. The van der Waals surface area contributed by atoms with Crippen molar-refractivity contribution in [3.63, 3.8) is 0 Å². The first-order valence-electron chi connectivity index (χ1n) is 10.3. The second kappa shape index (κ2) is 10.4. The number of hydrogen-bond donors (Lipinski definition) is 1. The van der Waals surface area contributed by atoms with E-state index in [9.17, 15) is 20.0 Å². The Bertz CT molecular complexity index is 1410. The number of aromatic carboxylic acids is 1. The molecule has 1 heterocycles. The van der Waals surface area contributed by atoms with Crippen molar-refractivity contribution in [2.75, 3.05) is 12.0 Å². The van der Waals surface area contributed by atoms with Crippen LogP contribution in [0, 0.1) is 11.3 Å². The zero-order valence-electron chi connectivity index (χ0n) is 18.4. The topological polar surface area (TPSA) is 99.9 Å². The fourth-order valence-electron chi connectivity index (χ4n) is 3.42. The van der Waals surface area contributed by atoms with Crippen molar-refractivity contribution in [1.29, 1.82) is 5.26 Å². The summed E-state index contributed by atoms with van der Waals surface area (Å²) in [4.78, 5) is 26.1. The number of carbonyl (C=O) groups is 2. The number of nitriles is 1. The summed E-state index contributed by atoms with van der Waals surface area (Å²) in [6, 6.07) is 20.7. The van der Waals surface area contributed by atoms with Crippen LogP contribution < -0.4 is 14.4 Å². The molecule has 0 saturated carbocycles. The highest BCUT2D eigenvalue weighted by atomic mass is 32.2. The summed E-state index contributed by atoms with van der Waals surface area (Å²) < 4.78 is 11.7. The van der Waals surface area contributed by atoms with Crippen LogP contribution in [-0.2, 0) is 11.4 Å². The Kier molecular flexibility index (Phi) is 7.15. The van der Waals surface area contributed by atoms with E-state index in [0.29, 0.717) is 37.5 Å². The van der Waals surface area contributed by atoms with Crippen molar-refractivity contribution in [1.82, 2.24) is 0 Å². The molecule has 0 spiro atoms. The van der Waals surface area contributed by atoms with Gasteiger partial charge in [-0.1, -0.05) is 54.3 Å². The standard InChI is InChI=1S/C26H18N2O5S2/c1-32-22-11-16(9-10-21(22)33-15-19-6-3-2-5-18(19)14-27)12-23-24(29)28(26(34)35-23)20-8-4-7-17(13-20)25(30)31/h2-13H,15H2,1H3,(H,30,31)/b23-12+. The molecule has 1 amide bonds. The molecule has 4 rings (SSSR count). The summed E-state index contributed by atoms with van der Waals surface area (Å²) in [7, 11) is 1.52. The molecule has 1 fully saturated rings. The van der Waals surface area contributed by atoms with Gasteiger partial charge in [0.15, 0.2) is 15.8 Å². The maximum atomic E-state index is 13.1. The zero-order chi connectivity index (χ0) is 24.9. The molecule has 7 nitrogen and oxygen atoms in total. The number of methoxy groups -OCH3 is 1. The second-order valence-corrected chi connectivity index (χ2v) is 9.02. The number of rotatable bonds is 7. The number of carboxylic acids is 1. The van der Waals surface area contributed by atoms with Gasteiger partial charge in [0.25, 0.3) is 5.91 Å². The molecule has 0 bridgehead atoms. The summed E-state index contributed by atoms with van der Waals surface area (Å²) in [6.07, 6.45) is 1.69. The highest BCUT2D eigenvalue weighted by Gasteiger charge is 2.33. The van der Waals surface area contributed by atoms with E-state index in [4.69, 9.17) is 21.7 Å². The van der Waals surface area contributed by atoms with Crippen LogP contribution in [0.3, 0.4) is 0 Å². The SMILES string of the molecule is COc1cc(/C=C2/SC(=S)N(c3cccc(C(=O)O)c3)C2=O)ccc1OCc1ccccc1C#N. The lowest BCUT2D eigenvalue weighted by Gasteiger charge is -2.15. The van der Waals surface area contributed by atoms with Gasteiger partial charge >= 0.3 is 5.97 Å². The van der Waals surface area contributed by atoms with Crippen molar-refractivity contribution in [3.8, 4) is 17.6 Å². The number of anilines is 1. The molecule has 0 unspecified atom stereocenters. The van der Waals surface area contributed by atoms with E-state index >= 15 is 0 Å². The van der Waals surface area contributed by atoms with Gasteiger partial charge in [-0.2, -0.15) is 5.26 Å². The van der Waals surface area contributed by atoms with Gasteiger partial charge in [0.1, 0.15) is 6.61 Å². The molecule has 1 saturated heterocycles. The fraction of sp³-hybridized carbons (Fsp3) is 0.0769. The normalized spacial score (nSPS) is 14.2. The quantitative estimate of drug-likeness (QED) is 0.345. The Morgan fingerprint density at radius 3 is 2.69 bits per heavy atom. The third kappa shape index (κ3) is 5.19. The molecule has 3 aromatic carbocycles. The van der Waals surface area contributed by atoms with Gasteiger partial charge in [0.2, 0.25) is 0 Å². The maximum absolute atomic E-state index is 13.1. The van der Waals surface area contributed by atoms with Crippen LogP contribution in [0.1, 0.15) is 27.0 Å². The summed E-state index contributed by atoms with van der Waals surface area (Å²) in [5.41, 5.74) is 2.47. The Balaban J connectivity index is 1.55. The van der Waals surface area contributed by atoms with Gasteiger partial charge in [-0.3, -0.25) is 9.69 Å². The number of carboxylic acid groups (broad SMARTS) is 1. The van der Waals surface area contributed by atoms with Gasteiger partial charge in [-0.15, -0.1) is 0 Å². The Morgan fingerprint density at radius 1 is 1.14 bits per heavy atom. The number of hydrogen-bond acceptors (Lipinski definition) is 7. The van der Waals surface area contributed by atoms with Crippen LogP contribution in [0.5, 0.6) is 11.5 Å². The Hall–Kier alpha value is -4.13. The molecule has 0 atom stereocenters. The minimum atomic E-state index is -1.08. The first-order valence-corrected chi connectivity index (χ1v) is 11.5. The number of benzene rings is 3. The van der Waals surface area contributed by atoms with E-state index in [-0.39, 0.29) is 18.1 Å². The highest BCUT2D eigenvalue weighted by molar-refractivity contribution is 8.27. The summed E-state index contributed by atoms with van der Waals surface area (Å²) in [5, 5.41) is 18.5. The van der Waals surface area contributed by atoms with Crippen LogP contribution in [-0.4, -0.2) is 28.4 Å². The molecule has 0 radical (unpaired) electrons. The summed E-state index contributed by atoms with van der Waals surface area (Å²) >= 11 is 6.52. The van der Waals surface area contributed by atoms with Crippen molar-refractivity contribution in [2.24, 2.45) is 0 Å². The third-order valence-electron chi connectivity index (χ3n) is 5.15. The molecule has 9 heteroatoms. The number of thioether (sulfide) groups is 1. The molecule has 0 aliphatic carbocycles. The van der Waals surface area contributed by atoms with Gasteiger partial charge in [-0.25, -0.2) is 4.79 Å². The van der Waals surface area contributed by atoms with Crippen molar-refractivity contribution < 1.29 is 24.2 Å². The van der Waals surface area contributed by atoms with E-state index in [2.05, 4.69) is 6.07 Å². The molecule has 1 N–H and O–H groups in total. The lowest BCUT2D eigenvalue weighted by atomic mass is 10.1. The monoisotopic (exact) mass is 502 g/mol. The van der Waals surface area contributed by atoms with Crippen molar-refractivity contribution in [2.45, 2.75) is 6.61 Å². The first kappa shape index (κ1) is 24.0. The zero-order valence-corrected chi connectivity index (χ0v) is 20.1. The highest BCUT2D eigenvalue weighted by Crippen LogP contribution is 2.37. The lowest BCUT2D eigenvalue weighted by Crippen LogP contribution is -2.27. The van der Waals surface area contributed by atoms with E-state index in [1.54, 1.807) is 48.5 Å². The van der Waals surface area contributed by atoms with Gasteiger partial charge in [0.05, 0.1) is 34.9 Å². The number of nitrogens with zero attached hydrogens (tertiary/aromatic N) is 2. The Labute approximate surface area is 211 Å². The predicted octanol–water partition coefficient (Wildman–Crippen LogP) is 5.25. The van der Waals surface area contributed by atoms with Crippen molar-refractivity contribution in [3.05, 3.63) is 93.9 Å². The minimum Gasteiger partial charge on any atom is -0.493 e.